The Kier molecular flexibility index (Phi) is 9.71. The Morgan fingerprint density at radius 1 is 1.36 bits per heavy atom. The summed E-state index contributed by atoms with van der Waals surface area (Å²) in [6.45, 7) is 6.91. The first-order valence-corrected chi connectivity index (χ1v) is 12.4. The molecule has 0 saturated carbocycles. The van der Waals surface area contributed by atoms with Gasteiger partial charge in [0.2, 0.25) is 5.88 Å². The van der Waals surface area contributed by atoms with Gasteiger partial charge < -0.3 is 25.0 Å². The van der Waals surface area contributed by atoms with E-state index in [1.807, 2.05) is 51.1 Å². The number of pyridine rings is 1. The van der Waals surface area contributed by atoms with Crippen LogP contribution in [0, 0.1) is 17.8 Å². The fourth-order valence-corrected chi connectivity index (χ4v) is 3.95. The number of nitrogens with one attached hydrogen (secondary N) is 1. The van der Waals surface area contributed by atoms with Crippen molar-refractivity contribution in [2.24, 2.45) is 5.92 Å². The number of fused-ring (bicyclic) bond motifs is 1. The molecule has 2 aromatic rings. The highest BCUT2D eigenvalue weighted by atomic mass is 16.5. The first kappa shape index (κ1) is 27.0. The van der Waals surface area contributed by atoms with Crippen molar-refractivity contribution < 1.29 is 19.4 Å². The second-order valence-electron chi connectivity index (χ2n) is 9.28. The van der Waals surface area contributed by atoms with E-state index in [1.54, 1.807) is 29.1 Å². The van der Waals surface area contributed by atoms with Gasteiger partial charge in [0.15, 0.2) is 0 Å². The number of amides is 3. The Morgan fingerprint density at radius 2 is 2.11 bits per heavy atom. The lowest BCUT2D eigenvalue weighted by Crippen LogP contribution is -2.51. The summed E-state index contributed by atoms with van der Waals surface area (Å²) in [6.07, 6.45) is 2.64. The van der Waals surface area contributed by atoms with E-state index in [1.165, 1.54) is 0 Å². The third-order valence-electron chi connectivity index (χ3n) is 6.22. The Labute approximate surface area is 213 Å². The maximum atomic E-state index is 13.5. The van der Waals surface area contributed by atoms with Crippen LogP contribution in [0.25, 0.3) is 0 Å². The maximum absolute atomic E-state index is 13.5. The molecule has 0 saturated heterocycles. The van der Waals surface area contributed by atoms with Gasteiger partial charge in [-0.25, -0.2) is 9.78 Å². The van der Waals surface area contributed by atoms with Gasteiger partial charge in [-0.3, -0.25) is 4.79 Å². The molecular weight excluding hydrogens is 456 g/mol. The molecule has 1 aliphatic rings. The fraction of sp³-hybridized carbons (Fsp3) is 0.464. The molecule has 0 radical (unpaired) electrons. The van der Waals surface area contributed by atoms with Gasteiger partial charge >= 0.3 is 6.03 Å². The molecule has 1 aliphatic heterocycles. The SMILES string of the molecule is CCCNC(=O)N(C)C[C@H]1Oc2ncc(C#CCc3ccccc3)cc2C(=O)N([C@@H](C)CO)C[C@H]1C. The number of rotatable bonds is 7. The van der Waals surface area contributed by atoms with Crippen molar-refractivity contribution in [2.45, 2.75) is 45.8 Å². The lowest BCUT2D eigenvalue weighted by molar-refractivity contribution is 0.0352. The van der Waals surface area contributed by atoms with Crippen LogP contribution in [0.3, 0.4) is 0 Å². The number of ether oxygens (including phenoxy) is 1. The number of hydrogen-bond acceptors (Lipinski definition) is 5. The normalized spacial score (nSPS) is 18.0. The Balaban J connectivity index is 1.89. The van der Waals surface area contributed by atoms with Crippen LogP contribution in [0.4, 0.5) is 4.79 Å². The van der Waals surface area contributed by atoms with Crippen LogP contribution in [0.5, 0.6) is 5.88 Å². The standard InChI is InChI=1S/C28H36N4O4/c1-5-14-29-28(35)31(4)18-25-20(2)17-32(21(3)19-33)27(34)24-15-23(16-30-26(24)36-25)13-9-12-22-10-7-6-8-11-22/h6-8,10-11,15-16,20-21,25,33H,5,12,14,17-19H2,1-4H3,(H,29,35)/t20-,21+,25-/m1/s1. The van der Waals surface area contributed by atoms with E-state index in [0.717, 1.165) is 12.0 Å². The van der Waals surface area contributed by atoms with Gasteiger partial charge in [-0.2, -0.15) is 0 Å². The van der Waals surface area contributed by atoms with E-state index in [9.17, 15) is 14.7 Å². The predicted octanol–water partition coefficient (Wildman–Crippen LogP) is 2.95. The van der Waals surface area contributed by atoms with Crippen molar-refractivity contribution in [3.63, 3.8) is 0 Å². The number of aromatic nitrogens is 1. The molecule has 1 aromatic heterocycles. The zero-order chi connectivity index (χ0) is 26.1. The molecule has 8 heteroatoms. The van der Waals surface area contributed by atoms with E-state index < -0.39 is 6.10 Å². The molecule has 192 valence electrons. The second kappa shape index (κ2) is 12.9. The number of carbonyl (C=O) groups is 2. The van der Waals surface area contributed by atoms with Crippen LogP contribution in [-0.2, 0) is 6.42 Å². The minimum Gasteiger partial charge on any atom is -0.472 e. The number of aliphatic hydroxyl groups excluding tert-OH is 1. The summed E-state index contributed by atoms with van der Waals surface area (Å²) in [5, 5.41) is 12.7. The van der Waals surface area contributed by atoms with Gasteiger partial charge in [-0.15, -0.1) is 0 Å². The molecule has 0 spiro atoms. The number of urea groups is 1. The number of aliphatic hydroxyl groups is 1. The smallest absolute Gasteiger partial charge is 0.317 e. The number of likely N-dealkylation sites (N-methyl/N-ethyl adjacent to an activating group) is 1. The molecule has 2 N–H and O–H groups in total. The van der Waals surface area contributed by atoms with Crippen molar-refractivity contribution in [1.29, 1.82) is 0 Å². The largest absolute Gasteiger partial charge is 0.472 e. The van der Waals surface area contributed by atoms with Crippen LogP contribution >= 0.6 is 0 Å². The van der Waals surface area contributed by atoms with Gasteiger partial charge in [-0.1, -0.05) is 56.0 Å². The third-order valence-corrected chi connectivity index (χ3v) is 6.22. The van der Waals surface area contributed by atoms with Gasteiger partial charge in [0.05, 0.1) is 19.2 Å². The predicted molar refractivity (Wildman–Crippen MR) is 139 cm³/mol. The monoisotopic (exact) mass is 492 g/mol. The number of carbonyl (C=O) groups excluding carboxylic acids is 2. The summed E-state index contributed by atoms with van der Waals surface area (Å²) < 4.78 is 6.24. The molecule has 3 atom stereocenters. The quantitative estimate of drug-likeness (QED) is 0.580. The zero-order valence-electron chi connectivity index (χ0n) is 21.5. The van der Waals surface area contributed by atoms with Crippen LogP contribution in [0.1, 0.15) is 48.7 Å². The van der Waals surface area contributed by atoms with E-state index in [-0.39, 0.29) is 36.4 Å². The highest BCUT2D eigenvalue weighted by molar-refractivity contribution is 5.97. The fourth-order valence-electron chi connectivity index (χ4n) is 3.95. The molecule has 3 rings (SSSR count). The van der Waals surface area contributed by atoms with Crippen LogP contribution < -0.4 is 10.1 Å². The van der Waals surface area contributed by atoms with Gasteiger partial charge in [0.25, 0.3) is 5.91 Å². The maximum Gasteiger partial charge on any atom is 0.317 e. The first-order valence-electron chi connectivity index (χ1n) is 12.4. The summed E-state index contributed by atoms with van der Waals surface area (Å²) in [6, 6.07) is 11.1. The second-order valence-corrected chi connectivity index (χ2v) is 9.28. The average molecular weight is 493 g/mol. The van der Waals surface area contributed by atoms with Crippen molar-refractivity contribution in [3.8, 4) is 17.7 Å². The lowest BCUT2D eigenvalue weighted by Gasteiger charge is -2.37. The van der Waals surface area contributed by atoms with Crippen LogP contribution in [-0.4, -0.2) is 77.3 Å². The van der Waals surface area contributed by atoms with Crippen molar-refractivity contribution in [1.82, 2.24) is 20.1 Å². The molecule has 3 amide bonds. The molecule has 1 aromatic carbocycles. The molecular formula is C28H36N4O4. The summed E-state index contributed by atoms with van der Waals surface area (Å²) >= 11 is 0. The topological polar surface area (TPSA) is 95.0 Å². The summed E-state index contributed by atoms with van der Waals surface area (Å²) in [5.41, 5.74) is 2.02. The van der Waals surface area contributed by atoms with Crippen molar-refractivity contribution >= 4 is 11.9 Å². The average Bonchev–Trinajstić information content (AvgIpc) is 2.89. The first-order chi connectivity index (χ1) is 17.3. The third kappa shape index (κ3) is 6.98. The summed E-state index contributed by atoms with van der Waals surface area (Å²) in [5.74, 6) is 6.08. The van der Waals surface area contributed by atoms with Gasteiger partial charge in [0, 0.05) is 44.2 Å². The van der Waals surface area contributed by atoms with Crippen LogP contribution in [0.15, 0.2) is 42.6 Å². The van der Waals surface area contributed by atoms with Crippen molar-refractivity contribution in [3.05, 3.63) is 59.3 Å². The number of nitrogens with zero attached hydrogens (tertiary/aromatic N) is 3. The molecule has 0 unspecified atom stereocenters. The van der Waals surface area contributed by atoms with E-state index >= 15 is 0 Å². The lowest BCUT2D eigenvalue weighted by atomic mass is 10.00. The summed E-state index contributed by atoms with van der Waals surface area (Å²) in [4.78, 5) is 33.6. The van der Waals surface area contributed by atoms with Crippen LogP contribution in [0.2, 0.25) is 0 Å². The Bertz CT molecular complexity index is 1100. The minimum atomic E-state index is -0.398. The molecule has 8 nitrogen and oxygen atoms in total. The van der Waals surface area contributed by atoms with E-state index in [4.69, 9.17) is 4.74 Å². The molecule has 2 heterocycles. The van der Waals surface area contributed by atoms with E-state index in [2.05, 4.69) is 22.1 Å². The van der Waals surface area contributed by atoms with Gasteiger partial charge in [-0.05, 0) is 25.0 Å². The minimum absolute atomic E-state index is 0.107. The Hall–Kier alpha value is -3.57. The molecule has 0 aliphatic carbocycles. The highest BCUT2D eigenvalue weighted by Crippen LogP contribution is 2.27. The van der Waals surface area contributed by atoms with E-state index in [0.29, 0.717) is 37.2 Å². The highest BCUT2D eigenvalue weighted by Gasteiger charge is 2.34. The molecule has 0 fully saturated rings. The molecule has 36 heavy (non-hydrogen) atoms. The summed E-state index contributed by atoms with van der Waals surface area (Å²) in [7, 11) is 1.72. The number of hydrogen-bond donors (Lipinski definition) is 2. The number of benzene rings is 1. The van der Waals surface area contributed by atoms with Gasteiger partial charge in [0.1, 0.15) is 11.7 Å². The zero-order valence-corrected chi connectivity index (χ0v) is 21.5. The van der Waals surface area contributed by atoms with Crippen molar-refractivity contribution in [2.75, 3.05) is 33.3 Å². The molecule has 0 bridgehead atoms. The Morgan fingerprint density at radius 3 is 2.81 bits per heavy atom.